The predicted molar refractivity (Wildman–Crippen MR) is 132 cm³/mol. The normalized spacial score (nSPS) is 50.5. The van der Waals surface area contributed by atoms with Crippen LogP contribution in [0.25, 0.3) is 0 Å². The number of epoxide rings is 1. The molecule has 1 saturated carbocycles. The first kappa shape index (κ1) is 25.0. The summed E-state index contributed by atoms with van der Waals surface area (Å²) in [5, 5.41) is 0. The van der Waals surface area contributed by atoms with Gasteiger partial charge in [0.2, 0.25) is 0 Å². The lowest BCUT2D eigenvalue weighted by Gasteiger charge is -2.58. The summed E-state index contributed by atoms with van der Waals surface area (Å²) in [6, 6.07) is 0. The lowest BCUT2D eigenvalue weighted by Crippen LogP contribution is -2.66. The monoisotopic (exact) mass is 512 g/mol. The summed E-state index contributed by atoms with van der Waals surface area (Å²) < 4.78 is 36.8. The van der Waals surface area contributed by atoms with Crippen LogP contribution < -0.4 is 0 Å². The third kappa shape index (κ3) is 3.87. The minimum Gasteiger partial charge on any atom is -0.462 e. The van der Waals surface area contributed by atoms with E-state index in [0.717, 1.165) is 18.4 Å². The Kier molecular flexibility index (Phi) is 6.02. The molecule has 6 aliphatic rings. The number of carbonyl (C=O) groups excluding carboxylic acids is 2. The SMILES string of the molecule is CC1=C[C@H]2OC3C[C@H]4OC(=O)/C=C\C=C\C5OC(C/C(C)=C\C(=O)OC[C@@]2(CC1)C4(C)[C@]31CO1)OC5C. The smallest absolute Gasteiger partial charge is 0.331 e. The van der Waals surface area contributed by atoms with Gasteiger partial charge in [0.25, 0.3) is 0 Å². The van der Waals surface area contributed by atoms with E-state index >= 15 is 0 Å². The van der Waals surface area contributed by atoms with Gasteiger partial charge in [0, 0.05) is 30.4 Å². The maximum atomic E-state index is 13.0. The number of ether oxygens (including phenoxy) is 6. The second kappa shape index (κ2) is 8.90. The van der Waals surface area contributed by atoms with Crippen LogP contribution in [0.15, 0.2) is 47.6 Å². The van der Waals surface area contributed by atoms with E-state index in [-0.39, 0.29) is 31.0 Å². The molecule has 2 spiro atoms. The van der Waals surface area contributed by atoms with E-state index in [0.29, 0.717) is 19.4 Å². The van der Waals surface area contributed by atoms with E-state index in [2.05, 4.69) is 19.9 Å². The number of hydrogen-bond acceptors (Lipinski definition) is 8. The van der Waals surface area contributed by atoms with Crippen molar-refractivity contribution < 1.29 is 38.0 Å². The number of carbonyl (C=O) groups is 2. The first-order valence-electron chi connectivity index (χ1n) is 13.3. The van der Waals surface area contributed by atoms with E-state index in [4.69, 9.17) is 28.4 Å². The first-order chi connectivity index (χ1) is 17.7. The van der Waals surface area contributed by atoms with Crippen molar-refractivity contribution >= 4 is 11.9 Å². The fourth-order valence-corrected chi connectivity index (χ4v) is 7.32. The highest BCUT2D eigenvalue weighted by Crippen LogP contribution is 2.72. The molecule has 8 nitrogen and oxygen atoms in total. The minimum absolute atomic E-state index is 0.147. The molecule has 0 aromatic carbocycles. The highest BCUT2D eigenvalue weighted by atomic mass is 16.7. The highest BCUT2D eigenvalue weighted by molar-refractivity contribution is 5.83. The van der Waals surface area contributed by atoms with Gasteiger partial charge in [-0.05, 0) is 33.6 Å². The summed E-state index contributed by atoms with van der Waals surface area (Å²) in [7, 11) is 0. The Hall–Kier alpha value is -2.26. The second-order valence-electron chi connectivity index (χ2n) is 11.7. The summed E-state index contributed by atoms with van der Waals surface area (Å²) in [5.41, 5.74) is 0.362. The summed E-state index contributed by atoms with van der Waals surface area (Å²) in [6.45, 7) is 8.77. The molecule has 4 heterocycles. The van der Waals surface area contributed by atoms with Crippen molar-refractivity contribution in [1.29, 1.82) is 0 Å². The van der Waals surface area contributed by atoms with Crippen molar-refractivity contribution in [3.05, 3.63) is 47.6 Å². The molecule has 0 N–H and O–H groups in total. The Labute approximate surface area is 217 Å². The molecule has 0 radical (unpaired) electrons. The number of rotatable bonds is 0. The number of esters is 2. The van der Waals surface area contributed by atoms with Crippen molar-refractivity contribution in [2.75, 3.05) is 13.2 Å². The third-order valence-corrected chi connectivity index (χ3v) is 9.58. The summed E-state index contributed by atoms with van der Waals surface area (Å²) in [5.74, 6) is -0.828. The van der Waals surface area contributed by atoms with Gasteiger partial charge in [-0.1, -0.05) is 42.4 Å². The van der Waals surface area contributed by atoms with Gasteiger partial charge in [-0.25, -0.2) is 9.59 Å². The van der Waals surface area contributed by atoms with Gasteiger partial charge in [-0.2, -0.15) is 0 Å². The second-order valence-corrected chi connectivity index (χ2v) is 11.7. The van der Waals surface area contributed by atoms with Gasteiger partial charge < -0.3 is 28.4 Å². The van der Waals surface area contributed by atoms with Crippen LogP contribution in [0.1, 0.15) is 53.4 Å². The summed E-state index contributed by atoms with van der Waals surface area (Å²) in [4.78, 5) is 26.0. The zero-order valence-electron chi connectivity index (χ0n) is 21.9. The Morgan fingerprint density at radius 2 is 1.78 bits per heavy atom. The zero-order chi connectivity index (χ0) is 26.0. The largest absolute Gasteiger partial charge is 0.462 e. The van der Waals surface area contributed by atoms with E-state index < -0.39 is 40.8 Å². The molecule has 4 bridgehead atoms. The number of allylic oxidation sites excluding steroid dienone is 3. The number of cyclic esters (lactones) is 1. The molecule has 4 aliphatic heterocycles. The van der Waals surface area contributed by atoms with Crippen LogP contribution in [0.3, 0.4) is 0 Å². The van der Waals surface area contributed by atoms with Gasteiger partial charge >= 0.3 is 11.9 Å². The average molecular weight is 513 g/mol. The third-order valence-electron chi connectivity index (χ3n) is 9.58. The maximum absolute atomic E-state index is 13.0. The standard InChI is InChI=1S/C29H36O8/c1-17-9-10-28-15-32-25(31)12-18(2)13-26-34-19(3)20(35-26)7-5-6-8-24(30)37-21-14-23(36-22(28)11-17)29(16-33-29)27(21,28)4/h5-8,11-12,19-23,26H,9-10,13-16H2,1-4H3/b7-5+,8-6-,18-12-/t19?,20?,21-,22-,23?,26?,27?,28-,29+/m1/s1. The van der Waals surface area contributed by atoms with Crippen LogP contribution in [0.5, 0.6) is 0 Å². The number of hydrogen-bond donors (Lipinski definition) is 0. The van der Waals surface area contributed by atoms with Crippen LogP contribution >= 0.6 is 0 Å². The molecule has 5 unspecified atom stereocenters. The topological polar surface area (TPSA) is 92.8 Å². The molecule has 6 rings (SSSR count). The van der Waals surface area contributed by atoms with Crippen LogP contribution in [0, 0.1) is 10.8 Å². The molecule has 0 aromatic rings. The Balaban J connectivity index is 1.37. The average Bonchev–Trinajstić information content (AvgIpc) is 3.54. The molecule has 200 valence electrons. The molecule has 8 heteroatoms. The lowest BCUT2D eigenvalue weighted by molar-refractivity contribution is -0.232. The van der Waals surface area contributed by atoms with Crippen LogP contribution in [-0.2, 0) is 38.0 Å². The van der Waals surface area contributed by atoms with Gasteiger partial charge in [-0.3, -0.25) is 0 Å². The molecule has 0 amide bonds. The molecular weight excluding hydrogens is 476 g/mol. The van der Waals surface area contributed by atoms with Gasteiger partial charge in [0.1, 0.15) is 24.4 Å². The highest BCUT2D eigenvalue weighted by Gasteiger charge is 2.83. The van der Waals surface area contributed by atoms with Crippen LogP contribution in [0.2, 0.25) is 0 Å². The minimum atomic E-state index is -0.590. The van der Waals surface area contributed by atoms with Crippen molar-refractivity contribution in [3.63, 3.8) is 0 Å². The maximum Gasteiger partial charge on any atom is 0.331 e. The fraction of sp³-hybridized carbons (Fsp3) is 0.655. The lowest BCUT2D eigenvalue weighted by atomic mass is 9.51. The predicted octanol–water partition coefficient (Wildman–Crippen LogP) is 3.71. The van der Waals surface area contributed by atoms with E-state index in [1.807, 2.05) is 19.9 Å². The molecule has 37 heavy (non-hydrogen) atoms. The quantitative estimate of drug-likeness (QED) is 0.276. The van der Waals surface area contributed by atoms with Gasteiger partial charge in [-0.15, -0.1) is 0 Å². The van der Waals surface area contributed by atoms with E-state index in [9.17, 15) is 9.59 Å². The fourth-order valence-electron chi connectivity index (χ4n) is 7.32. The molecule has 0 aromatic heterocycles. The Bertz CT molecular complexity index is 1100. The van der Waals surface area contributed by atoms with Gasteiger partial charge in [0.15, 0.2) is 6.29 Å². The van der Waals surface area contributed by atoms with Crippen molar-refractivity contribution in [1.82, 2.24) is 0 Å². The van der Waals surface area contributed by atoms with Crippen molar-refractivity contribution in [2.45, 2.75) is 95.8 Å². The zero-order valence-corrected chi connectivity index (χ0v) is 21.9. The first-order valence-corrected chi connectivity index (χ1v) is 13.3. The van der Waals surface area contributed by atoms with Crippen molar-refractivity contribution in [2.24, 2.45) is 10.8 Å². The summed E-state index contributed by atoms with van der Waals surface area (Å²) >= 11 is 0. The molecular formula is C29H36O8. The Morgan fingerprint density at radius 1 is 0.973 bits per heavy atom. The van der Waals surface area contributed by atoms with Crippen molar-refractivity contribution in [3.8, 4) is 0 Å². The van der Waals surface area contributed by atoms with E-state index in [1.165, 1.54) is 17.7 Å². The summed E-state index contributed by atoms with van der Waals surface area (Å²) in [6.07, 6.45) is 11.3. The molecule has 9 atom stereocenters. The number of fused-ring (bicyclic) bond motifs is 2. The molecule has 3 saturated heterocycles. The van der Waals surface area contributed by atoms with Crippen LogP contribution in [-0.4, -0.2) is 67.6 Å². The molecule has 4 fully saturated rings. The van der Waals surface area contributed by atoms with Gasteiger partial charge in [0.05, 0.1) is 30.3 Å². The van der Waals surface area contributed by atoms with E-state index in [1.54, 1.807) is 12.2 Å². The molecule has 2 aliphatic carbocycles. The Morgan fingerprint density at radius 3 is 2.57 bits per heavy atom. The van der Waals surface area contributed by atoms with Crippen LogP contribution in [0.4, 0.5) is 0 Å².